The Morgan fingerprint density at radius 2 is 1.88 bits per heavy atom. The molecule has 3 heterocycles. The number of benzene rings is 1. The molecule has 1 fully saturated rings. The highest BCUT2D eigenvalue weighted by molar-refractivity contribution is 5.85. The Bertz CT molecular complexity index is 702. The van der Waals surface area contributed by atoms with E-state index in [1.807, 2.05) is 19.9 Å². The van der Waals surface area contributed by atoms with Crippen molar-refractivity contribution in [2.45, 2.75) is 50.9 Å². The third-order valence-corrected chi connectivity index (χ3v) is 5.04. The van der Waals surface area contributed by atoms with Gasteiger partial charge in [0.2, 0.25) is 0 Å². The molecule has 4 N–H and O–H groups in total. The molecule has 1 aromatic carbocycles. The first-order chi connectivity index (χ1) is 10.6. The molecule has 0 unspecified atom stereocenters. The lowest BCUT2D eigenvalue weighted by Crippen LogP contribution is -2.54. The van der Waals surface area contributed by atoms with Gasteiger partial charge in [-0.15, -0.1) is 24.8 Å². The molecule has 0 spiro atoms. The van der Waals surface area contributed by atoms with Gasteiger partial charge >= 0.3 is 0 Å². The van der Waals surface area contributed by atoms with E-state index in [1.165, 1.54) is 19.3 Å². The minimum absolute atomic E-state index is 0. The van der Waals surface area contributed by atoms with E-state index in [1.54, 1.807) is 6.33 Å². The minimum Gasteiger partial charge on any atom is -0.485 e. The van der Waals surface area contributed by atoms with Crippen LogP contribution in [0.5, 0.6) is 5.75 Å². The van der Waals surface area contributed by atoms with E-state index >= 15 is 0 Å². The van der Waals surface area contributed by atoms with Crippen LogP contribution in [0.2, 0.25) is 0 Å². The summed E-state index contributed by atoms with van der Waals surface area (Å²) in [5.74, 6) is 0.864. The first-order valence-corrected chi connectivity index (χ1v) is 8.14. The van der Waals surface area contributed by atoms with Crippen molar-refractivity contribution in [3.8, 4) is 5.75 Å². The van der Waals surface area contributed by atoms with Gasteiger partial charge in [-0.3, -0.25) is 4.90 Å². The van der Waals surface area contributed by atoms with E-state index < -0.39 is 11.7 Å². The number of aliphatic hydroxyl groups is 1. The van der Waals surface area contributed by atoms with E-state index in [0.717, 1.165) is 35.4 Å². The summed E-state index contributed by atoms with van der Waals surface area (Å²) in [5, 5.41) is 10.9. The molecule has 0 radical (unpaired) electrons. The molecule has 0 saturated carbocycles. The second-order valence-electron chi connectivity index (χ2n) is 7.00. The van der Waals surface area contributed by atoms with Gasteiger partial charge in [-0.25, -0.2) is 4.98 Å². The summed E-state index contributed by atoms with van der Waals surface area (Å²) >= 11 is 0. The molecule has 2 aliphatic rings. The zero-order chi connectivity index (χ0) is 15.3. The average Bonchev–Trinajstić information content (AvgIpc) is 2.94. The molecule has 0 aliphatic carbocycles. The number of halogens is 2. The van der Waals surface area contributed by atoms with Gasteiger partial charge in [0.15, 0.2) is 0 Å². The van der Waals surface area contributed by atoms with Gasteiger partial charge in [-0.2, -0.15) is 0 Å². The molecule has 6 nitrogen and oxygen atoms in total. The number of ether oxygens (including phenoxy) is 1. The molecule has 25 heavy (non-hydrogen) atoms. The lowest BCUT2D eigenvalue weighted by Gasteiger charge is -2.47. The average molecular weight is 392 g/mol. The van der Waals surface area contributed by atoms with E-state index in [9.17, 15) is 5.11 Å². The van der Waals surface area contributed by atoms with Gasteiger partial charge < -0.3 is 20.3 Å². The van der Waals surface area contributed by atoms with Crippen LogP contribution in [0.1, 0.15) is 44.7 Å². The number of nitrogens with one attached hydrogen (secondary N) is 1. The Balaban J connectivity index is 0.00000104. The number of aliphatic hydroxyl groups excluding tert-OH is 1. The van der Waals surface area contributed by atoms with Crippen molar-refractivity contribution in [3.63, 3.8) is 0 Å². The fourth-order valence-corrected chi connectivity index (χ4v) is 3.78. The Morgan fingerprint density at radius 1 is 1.20 bits per heavy atom. The highest BCUT2D eigenvalue weighted by Gasteiger charge is 2.45. The van der Waals surface area contributed by atoms with Crippen LogP contribution in [0.4, 0.5) is 0 Å². The number of piperidine rings is 1. The largest absolute Gasteiger partial charge is 0.485 e. The molecule has 2 aliphatic heterocycles. The maximum Gasteiger partial charge on any atom is 0.131 e. The molecule has 142 valence electrons. The van der Waals surface area contributed by atoms with E-state index in [2.05, 4.69) is 20.9 Å². The third-order valence-electron chi connectivity index (χ3n) is 5.04. The molecule has 1 saturated heterocycles. The maximum absolute atomic E-state index is 10.9. The number of rotatable bonds is 1. The lowest BCUT2D eigenvalue weighted by molar-refractivity contribution is -0.0960. The zero-order valence-corrected chi connectivity index (χ0v) is 16.1. The summed E-state index contributed by atoms with van der Waals surface area (Å²) < 4.78 is 6.11. The van der Waals surface area contributed by atoms with E-state index in [0.29, 0.717) is 0 Å². The van der Waals surface area contributed by atoms with Gasteiger partial charge in [-0.1, -0.05) is 6.42 Å². The van der Waals surface area contributed by atoms with Gasteiger partial charge in [0.1, 0.15) is 17.5 Å². The fourth-order valence-electron chi connectivity index (χ4n) is 3.78. The molecular formula is C17H27Cl2N3O3. The fraction of sp³-hybridized carbons (Fsp3) is 0.588. The highest BCUT2D eigenvalue weighted by atomic mass is 35.5. The van der Waals surface area contributed by atoms with Crippen LogP contribution in [0.3, 0.4) is 0 Å². The number of aromatic amines is 1. The van der Waals surface area contributed by atoms with E-state index in [-0.39, 0.29) is 36.3 Å². The number of nitrogens with zero attached hydrogens (tertiary/aromatic N) is 2. The third kappa shape index (κ3) is 3.73. The predicted molar refractivity (Wildman–Crippen MR) is 103 cm³/mol. The van der Waals surface area contributed by atoms with Crippen molar-refractivity contribution in [1.29, 1.82) is 0 Å². The molecule has 2 aromatic rings. The van der Waals surface area contributed by atoms with Crippen LogP contribution in [0.15, 0.2) is 18.5 Å². The number of H-pyrrole nitrogens is 1. The van der Waals surface area contributed by atoms with Crippen LogP contribution >= 0.6 is 24.8 Å². The summed E-state index contributed by atoms with van der Waals surface area (Å²) in [6.45, 7) is 6.01. The van der Waals surface area contributed by atoms with E-state index in [4.69, 9.17) is 4.74 Å². The minimum atomic E-state index is -0.594. The first-order valence-electron chi connectivity index (χ1n) is 8.14. The predicted octanol–water partition coefficient (Wildman–Crippen LogP) is 2.64. The molecule has 2 atom stereocenters. The molecule has 8 heteroatoms. The van der Waals surface area contributed by atoms with Gasteiger partial charge in [-0.05, 0) is 45.8 Å². The van der Waals surface area contributed by atoms with Crippen molar-refractivity contribution < 1.29 is 15.3 Å². The molecule has 4 rings (SSSR count). The summed E-state index contributed by atoms with van der Waals surface area (Å²) in [4.78, 5) is 9.90. The van der Waals surface area contributed by atoms with Crippen LogP contribution < -0.4 is 4.74 Å². The molecular weight excluding hydrogens is 365 g/mol. The summed E-state index contributed by atoms with van der Waals surface area (Å²) in [7, 11) is 0. The molecule has 0 bridgehead atoms. The standard InChI is InChI=1S/C17H23N3O2.2ClH.H2O/c1-17(2)16(21)15(20-6-4-3-5-7-20)11-8-12-13(19-10-18-12)9-14(11)22-17;;;/h8-10,15-16,21H,3-7H2,1-2H3,(H,18,19);2*1H;1H2/t15-,16+;;;/m0.../s1. The quantitative estimate of drug-likeness (QED) is 0.780. The Hall–Kier alpha value is -1.05. The summed E-state index contributed by atoms with van der Waals surface area (Å²) in [6, 6.07) is 4.07. The van der Waals surface area contributed by atoms with Gasteiger partial charge in [0.05, 0.1) is 23.4 Å². The Labute approximate surface area is 160 Å². The smallest absolute Gasteiger partial charge is 0.131 e. The number of hydrogen-bond acceptors (Lipinski definition) is 4. The van der Waals surface area contributed by atoms with Crippen molar-refractivity contribution in [2.75, 3.05) is 13.1 Å². The van der Waals surface area contributed by atoms with Crippen molar-refractivity contribution in [3.05, 3.63) is 24.0 Å². The number of likely N-dealkylation sites (tertiary alicyclic amines) is 1. The Kier molecular flexibility index (Phi) is 7.12. The second-order valence-corrected chi connectivity index (χ2v) is 7.00. The SMILES string of the molecule is CC1(C)Oc2cc3[nH]cnc3cc2[C@H](N2CCCCC2)[C@H]1O.Cl.Cl.O. The number of fused-ring (bicyclic) bond motifs is 2. The van der Waals surface area contributed by atoms with Crippen molar-refractivity contribution in [1.82, 2.24) is 14.9 Å². The first kappa shape index (κ1) is 22.0. The van der Waals surface area contributed by atoms with Gasteiger partial charge in [0.25, 0.3) is 0 Å². The molecule has 1 aromatic heterocycles. The number of aromatic nitrogens is 2. The lowest BCUT2D eigenvalue weighted by atomic mass is 9.84. The van der Waals surface area contributed by atoms with Crippen molar-refractivity contribution in [2.24, 2.45) is 0 Å². The summed E-state index contributed by atoms with van der Waals surface area (Å²) in [6.07, 6.45) is 4.84. The zero-order valence-electron chi connectivity index (χ0n) is 14.5. The topological polar surface area (TPSA) is 92.9 Å². The number of hydrogen-bond donors (Lipinski definition) is 2. The summed E-state index contributed by atoms with van der Waals surface area (Å²) in [5.41, 5.74) is 2.37. The highest BCUT2D eigenvalue weighted by Crippen LogP contribution is 2.44. The van der Waals surface area contributed by atoms with Gasteiger partial charge in [0, 0.05) is 11.6 Å². The maximum atomic E-state index is 10.9. The number of imidazole rings is 1. The van der Waals surface area contributed by atoms with Crippen molar-refractivity contribution >= 4 is 35.8 Å². The van der Waals surface area contributed by atoms with Crippen LogP contribution in [0, 0.1) is 0 Å². The molecule has 0 amide bonds. The Morgan fingerprint density at radius 3 is 2.56 bits per heavy atom. The van der Waals surface area contributed by atoms with Crippen LogP contribution in [0.25, 0.3) is 11.0 Å². The van der Waals surface area contributed by atoms with Crippen LogP contribution in [-0.4, -0.2) is 50.2 Å². The monoisotopic (exact) mass is 391 g/mol. The van der Waals surface area contributed by atoms with Crippen LogP contribution in [-0.2, 0) is 0 Å². The normalized spacial score (nSPS) is 24.9. The second kappa shape index (κ2) is 8.10.